The average Bonchev–Trinajstić information content (AvgIpc) is 2.98. The number of amides is 1. The number of hydrogen-bond donors (Lipinski definition) is 1. The van der Waals surface area contributed by atoms with E-state index in [1.807, 2.05) is 37.3 Å². The molecule has 0 aliphatic carbocycles. The number of carbonyl (C=O) groups excluding carboxylic acids is 2. The van der Waals surface area contributed by atoms with Crippen molar-refractivity contribution >= 4 is 36.8 Å². The Morgan fingerprint density at radius 1 is 1.00 bits per heavy atom. The first-order valence-corrected chi connectivity index (χ1v) is 16.3. The first-order chi connectivity index (χ1) is 18.9. The molecule has 2 aliphatic rings. The van der Waals surface area contributed by atoms with Gasteiger partial charge < -0.3 is 10.1 Å². The highest BCUT2D eigenvalue weighted by Crippen LogP contribution is 2.39. The lowest BCUT2D eigenvalue weighted by Gasteiger charge is -2.35. The first kappa shape index (κ1) is 30.0. The summed E-state index contributed by atoms with van der Waals surface area (Å²) in [5, 5.41) is 3.23. The van der Waals surface area contributed by atoms with E-state index in [1.165, 1.54) is 49.1 Å². The third kappa shape index (κ3) is 7.80. The van der Waals surface area contributed by atoms with Gasteiger partial charge in [0.15, 0.2) is 0 Å². The van der Waals surface area contributed by atoms with Crippen LogP contribution in [0.25, 0.3) is 0 Å². The van der Waals surface area contributed by atoms with Crippen molar-refractivity contribution in [2.75, 3.05) is 11.5 Å². The topological polar surface area (TPSA) is 46.2 Å². The summed E-state index contributed by atoms with van der Waals surface area (Å²) in [5.41, 5.74) is 1.59. The Bertz CT molecular complexity index is 1060. The van der Waals surface area contributed by atoms with E-state index in [-0.39, 0.29) is 24.5 Å². The van der Waals surface area contributed by atoms with Crippen molar-refractivity contribution in [3.8, 4) is 0 Å². The summed E-state index contributed by atoms with van der Waals surface area (Å²) >= 11 is 2.09. The molecule has 0 saturated carbocycles. The summed E-state index contributed by atoms with van der Waals surface area (Å²) in [6, 6.07) is 16.1. The Labute approximate surface area is 240 Å². The van der Waals surface area contributed by atoms with E-state index >= 15 is 0 Å². The molecule has 0 radical (unpaired) electrons. The van der Waals surface area contributed by atoms with Crippen LogP contribution in [0.4, 0.5) is 4.39 Å². The third-order valence-corrected chi connectivity index (χ3v) is 10.4. The van der Waals surface area contributed by atoms with Crippen LogP contribution in [0.3, 0.4) is 0 Å². The number of benzene rings is 2. The average molecular weight is 547 g/mol. The molecule has 208 valence electrons. The Hall–Kier alpha value is -2.01. The van der Waals surface area contributed by atoms with E-state index in [0.717, 1.165) is 49.1 Å². The lowest BCUT2D eigenvalue weighted by atomic mass is 9.28. The van der Waals surface area contributed by atoms with Crippen LogP contribution in [0.1, 0.15) is 76.0 Å². The summed E-state index contributed by atoms with van der Waals surface area (Å²) in [6.07, 6.45) is 10.7. The van der Waals surface area contributed by atoms with Gasteiger partial charge in [0.05, 0.1) is 17.1 Å². The predicted molar refractivity (Wildman–Crippen MR) is 166 cm³/mol. The molecule has 2 aromatic rings. The maximum absolute atomic E-state index is 14.0. The summed E-state index contributed by atoms with van der Waals surface area (Å²) < 4.78 is 13.5. The molecule has 1 unspecified atom stereocenters. The van der Waals surface area contributed by atoms with Crippen molar-refractivity contribution in [1.82, 2.24) is 5.32 Å². The molecule has 0 spiro atoms. The Balaban J connectivity index is 1.39. The smallest absolute Gasteiger partial charge is 0.231 e. The molecule has 3 nitrogen and oxygen atoms in total. The van der Waals surface area contributed by atoms with Crippen molar-refractivity contribution in [3.05, 3.63) is 71.5 Å². The molecule has 2 fully saturated rings. The summed E-state index contributed by atoms with van der Waals surface area (Å²) in [6.45, 7) is 5.13. The summed E-state index contributed by atoms with van der Waals surface area (Å²) in [7, 11) is 0. The molecule has 2 aromatic carbocycles. The minimum Gasteiger partial charge on any atom is -0.349 e. The van der Waals surface area contributed by atoms with E-state index < -0.39 is 5.41 Å². The molecule has 7 heteroatoms. The molecular formula is C32H44B2FNO2S. The third-order valence-electron chi connectivity index (χ3n) is 9.34. The second-order valence-corrected chi connectivity index (χ2v) is 13.1. The second kappa shape index (κ2) is 14.6. The van der Waals surface area contributed by atoms with E-state index in [2.05, 4.69) is 24.0 Å². The van der Waals surface area contributed by atoms with Crippen LogP contribution >= 0.6 is 11.8 Å². The number of carbonyl (C=O) groups is 2. The van der Waals surface area contributed by atoms with Crippen molar-refractivity contribution in [2.45, 2.75) is 101 Å². The SMILES string of the molecule is CCCC(CCCC(=O)B1CCC(B2CCSCC2)CC1)(C(=O)N[C@@H](C)c1ccc(F)cc1)c1ccccc1. The molecule has 2 atom stereocenters. The van der Waals surface area contributed by atoms with Gasteiger partial charge in [-0.15, -0.1) is 0 Å². The fourth-order valence-electron chi connectivity index (χ4n) is 6.99. The highest BCUT2D eigenvalue weighted by molar-refractivity contribution is 7.99. The molecule has 2 aliphatic heterocycles. The van der Waals surface area contributed by atoms with Gasteiger partial charge in [0.2, 0.25) is 12.6 Å². The maximum atomic E-state index is 14.0. The molecule has 0 bridgehead atoms. The minimum absolute atomic E-state index is 0.00835. The van der Waals surface area contributed by atoms with Crippen LogP contribution in [0.2, 0.25) is 31.1 Å². The monoisotopic (exact) mass is 547 g/mol. The quantitative estimate of drug-likeness (QED) is 0.275. The lowest BCUT2D eigenvalue weighted by molar-refractivity contribution is -0.128. The zero-order valence-electron chi connectivity index (χ0n) is 23.8. The minimum atomic E-state index is -0.693. The standard InChI is InChI=1S/C32H44B2FNO2S/c1-3-17-32(27-8-5-4-6-9-27,31(38)36-25(2)26-11-13-29(35)14-12-26)18-7-10-30(37)34-19-15-28(16-20-34)33-21-23-39-24-22-33/h4-6,8-9,11-14,25,28H,3,7,10,15-24H2,1-2H3,(H,36,38)/t25-,32?/m0/s1. The van der Waals surface area contributed by atoms with E-state index in [0.29, 0.717) is 24.9 Å². The fourth-order valence-corrected chi connectivity index (χ4v) is 8.14. The summed E-state index contributed by atoms with van der Waals surface area (Å²) in [4.78, 5) is 27.3. The van der Waals surface area contributed by atoms with Gasteiger partial charge in [-0.1, -0.05) is 99.7 Å². The van der Waals surface area contributed by atoms with Crippen molar-refractivity contribution in [3.63, 3.8) is 0 Å². The molecular weight excluding hydrogens is 503 g/mol. The normalized spacial score (nSPS) is 18.8. The van der Waals surface area contributed by atoms with E-state index in [9.17, 15) is 14.0 Å². The first-order valence-electron chi connectivity index (χ1n) is 15.2. The molecule has 2 saturated heterocycles. The molecule has 0 aromatic heterocycles. The number of halogens is 1. The van der Waals surface area contributed by atoms with Crippen LogP contribution in [0.15, 0.2) is 54.6 Å². The van der Waals surface area contributed by atoms with E-state index in [4.69, 9.17) is 0 Å². The van der Waals surface area contributed by atoms with Crippen LogP contribution < -0.4 is 5.32 Å². The second-order valence-electron chi connectivity index (χ2n) is 11.8. The van der Waals surface area contributed by atoms with Crippen LogP contribution in [-0.2, 0) is 15.0 Å². The number of hydrogen-bond acceptors (Lipinski definition) is 3. The maximum Gasteiger partial charge on any atom is 0.231 e. The number of rotatable bonds is 12. The van der Waals surface area contributed by atoms with Gasteiger partial charge in [-0.25, -0.2) is 4.39 Å². The molecule has 2 heterocycles. The lowest BCUT2D eigenvalue weighted by Crippen LogP contribution is -2.45. The number of nitrogens with one attached hydrogen (secondary N) is 1. The van der Waals surface area contributed by atoms with Gasteiger partial charge in [0.25, 0.3) is 0 Å². The van der Waals surface area contributed by atoms with Crippen molar-refractivity contribution < 1.29 is 14.0 Å². The zero-order valence-corrected chi connectivity index (χ0v) is 24.6. The highest BCUT2D eigenvalue weighted by Gasteiger charge is 2.40. The molecule has 1 N–H and O–H groups in total. The molecule has 39 heavy (non-hydrogen) atoms. The van der Waals surface area contributed by atoms with E-state index in [1.54, 1.807) is 12.1 Å². The van der Waals surface area contributed by atoms with Crippen LogP contribution in [0, 0.1) is 5.82 Å². The Morgan fingerprint density at radius 3 is 2.31 bits per heavy atom. The number of thioether (sulfide) groups is 1. The van der Waals surface area contributed by atoms with Gasteiger partial charge in [0.1, 0.15) is 12.5 Å². The summed E-state index contributed by atoms with van der Waals surface area (Å²) in [5.74, 6) is 3.14. The molecule has 4 rings (SSSR count). The van der Waals surface area contributed by atoms with Gasteiger partial charge in [0, 0.05) is 0 Å². The fraction of sp³-hybridized carbons (Fsp3) is 0.562. The highest BCUT2D eigenvalue weighted by atomic mass is 32.2. The Morgan fingerprint density at radius 2 is 1.67 bits per heavy atom. The van der Waals surface area contributed by atoms with Gasteiger partial charge in [-0.2, -0.15) is 11.8 Å². The predicted octanol–water partition coefficient (Wildman–Crippen LogP) is 7.92. The van der Waals surface area contributed by atoms with Crippen molar-refractivity contribution in [1.29, 1.82) is 0 Å². The molecule has 1 amide bonds. The van der Waals surface area contributed by atoms with Crippen LogP contribution in [-0.4, -0.2) is 36.5 Å². The zero-order chi connectivity index (χ0) is 27.7. The largest absolute Gasteiger partial charge is 0.349 e. The van der Waals surface area contributed by atoms with Crippen LogP contribution in [0.5, 0.6) is 0 Å². The van der Waals surface area contributed by atoms with Gasteiger partial charge >= 0.3 is 0 Å². The van der Waals surface area contributed by atoms with Gasteiger partial charge in [-0.3, -0.25) is 4.79 Å². The Kier molecular flexibility index (Phi) is 11.2. The van der Waals surface area contributed by atoms with Crippen molar-refractivity contribution in [2.24, 2.45) is 0 Å². The van der Waals surface area contributed by atoms with Gasteiger partial charge in [-0.05, 0) is 67.4 Å².